The fraction of sp³-hybridized carbons (Fsp3) is 0.214. The SMILES string of the molecule is Cc1cc(=O)c2cc3cc(C)oc3c(C)c2[nH]1. The molecule has 0 aliphatic heterocycles. The van der Waals surface area contributed by atoms with Gasteiger partial charge in [-0.25, -0.2) is 0 Å². The summed E-state index contributed by atoms with van der Waals surface area (Å²) >= 11 is 0. The van der Waals surface area contributed by atoms with Gasteiger partial charge in [0.15, 0.2) is 5.43 Å². The monoisotopic (exact) mass is 227 g/mol. The van der Waals surface area contributed by atoms with Crippen molar-refractivity contribution in [1.29, 1.82) is 0 Å². The lowest BCUT2D eigenvalue weighted by molar-refractivity contribution is 0.577. The van der Waals surface area contributed by atoms with E-state index in [0.717, 1.165) is 38.9 Å². The highest BCUT2D eigenvalue weighted by molar-refractivity contribution is 5.97. The zero-order valence-electron chi connectivity index (χ0n) is 10.0. The van der Waals surface area contributed by atoms with E-state index in [9.17, 15) is 4.79 Å². The van der Waals surface area contributed by atoms with Crippen molar-refractivity contribution >= 4 is 21.9 Å². The Balaban J connectivity index is 2.63. The molecule has 0 amide bonds. The summed E-state index contributed by atoms with van der Waals surface area (Å²) in [6, 6.07) is 5.48. The Kier molecular flexibility index (Phi) is 1.93. The fourth-order valence-electron chi connectivity index (χ4n) is 2.34. The van der Waals surface area contributed by atoms with Crippen molar-refractivity contribution in [2.45, 2.75) is 20.8 Å². The fourth-order valence-corrected chi connectivity index (χ4v) is 2.34. The number of furan rings is 1. The molecule has 0 bridgehead atoms. The van der Waals surface area contributed by atoms with E-state index in [1.54, 1.807) is 6.07 Å². The maximum Gasteiger partial charge on any atom is 0.189 e. The Labute approximate surface area is 98.1 Å². The zero-order valence-corrected chi connectivity index (χ0v) is 10.0. The number of fused-ring (bicyclic) bond motifs is 2. The number of aromatic amines is 1. The third kappa shape index (κ3) is 1.39. The molecular weight excluding hydrogens is 214 g/mol. The second kappa shape index (κ2) is 3.23. The van der Waals surface area contributed by atoms with Crippen molar-refractivity contribution in [2.24, 2.45) is 0 Å². The van der Waals surface area contributed by atoms with Crippen molar-refractivity contribution in [3.63, 3.8) is 0 Å². The Bertz CT molecular complexity index is 793. The van der Waals surface area contributed by atoms with Crippen LogP contribution < -0.4 is 5.43 Å². The predicted octanol–water partition coefficient (Wildman–Crippen LogP) is 3.20. The summed E-state index contributed by atoms with van der Waals surface area (Å²) in [6.45, 7) is 5.78. The molecule has 86 valence electrons. The molecule has 1 N–H and O–H groups in total. The summed E-state index contributed by atoms with van der Waals surface area (Å²) in [5.74, 6) is 0.863. The molecule has 0 radical (unpaired) electrons. The first-order valence-corrected chi connectivity index (χ1v) is 5.59. The number of nitrogens with one attached hydrogen (secondary N) is 1. The number of hydrogen-bond donors (Lipinski definition) is 1. The quantitative estimate of drug-likeness (QED) is 0.641. The highest BCUT2D eigenvalue weighted by Crippen LogP contribution is 2.27. The lowest BCUT2D eigenvalue weighted by Crippen LogP contribution is -2.03. The van der Waals surface area contributed by atoms with Gasteiger partial charge in [0, 0.05) is 28.1 Å². The highest BCUT2D eigenvalue weighted by Gasteiger charge is 2.10. The molecule has 0 saturated heterocycles. The van der Waals surface area contributed by atoms with Crippen LogP contribution in [0.4, 0.5) is 0 Å². The van der Waals surface area contributed by atoms with Crippen LogP contribution in [-0.4, -0.2) is 4.98 Å². The molecule has 0 atom stereocenters. The molecule has 3 aromatic rings. The van der Waals surface area contributed by atoms with Crippen LogP contribution in [0.3, 0.4) is 0 Å². The van der Waals surface area contributed by atoms with Crippen molar-refractivity contribution in [3.05, 3.63) is 45.4 Å². The molecule has 0 aliphatic carbocycles. The summed E-state index contributed by atoms with van der Waals surface area (Å²) in [7, 11) is 0. The van der Waals surface area contributed by atoms with Gasteiger partial charge in [0.1, 0.15) is 11.3 Å². The lowest BCUT2D eigenvalue weighted by atomic mass is 10.1. The molecule has 3 rings (SSSR count). The summed E-state index contributed by atoms with van der Waals surface area (Å²) in [4.78, 5) is 15.2. The number of benzene rings is 1. The minimum absolute atomic E-state index is 0.0557. The molecule has 3 nitrogen and oxygen atoms in total. The van der Waals surface area contributed by atoms with E-state index in [0.29, 0.717) is 0 Å². The van der Waals surface area contributed by atoms with E-state index in [1.807, 2.05) is 32.9 Å². The summed E-state index contributed by atoms with van der Waals surface area (Å²) in [5, 5.41) is 1.71. The average Bonchev–Trinajstić information content (AvgIpc) is 2.62. The largest absolute Gasteiger partial charge is 0.461 e. The van der Waals surface area contributed by atoms with E-state index >= 15 is 0 Å². The van der Waals surface area contributed by atoms with E-state index in [1.165, 1.54) is 0 Å². The number of pyridine rings is 1. The van der Waals surface area contributed by atoms with Crippen LogP contribution in [0, 0.1) is 20.8 Å². The smallest absolute Gasteiger partial charge is 0.189 e. The molecule has 2 heterocycles. The Morgan fingerprint density at radius 2 is 1.88 bits per heavy atom. The number of hydrogen-bond acceptors (Lipinski definition) is 2. The van der Waals surface area contributed by atoms with Gasteiger partial charge < -0.3 is 9.40 Å². The Morgan fingerprint density at radius 3 is 2.65 bits per heavy atom. The van der Waals surface area contributed by atoms with Crippen LogP contribution in [0.25, 0.3) is 21.9 Å². The van der Waals surface area contributed by atoms with Crippen LogP contribution in [0.15, 0.2) is 27.4 Å². The first-order chi connectivity index (χ1) is 8.06. The summed E-state index contributed by atoms with van der Waals surface area (Å²) in [6.07, 6.45) is 0. The normalized spacial score (nSPS) is 11.5. The third-order valence-corrected chi connectivity index (χ3v) is 3.10. The zero-order chi connectivity index (χ0) is 12.2. The number of aryl methyl sites for hydroxylation is 3. The van der Waals surface area contributed by atoms with Gasteiger partial charge in [0.05, 0.1) is 5.52 Å². The van der Waals surface area contributed by atoms with Crippen LogP contribution in [0.1, 0.15) is 17.0 Å². The molecule has 3 heteroatoms. The van der Waals surface area contributed by atoms with Gasteiger partial charge in [-0.05, 0) is 32.9 Å². The van der Waals surface area contributed by atoms with Gasteiger partial charge >= 0.3 is 0 Å². The molecule has 0 aliphatic rings. The third-order valence-electron chi connectivity index (χ3n) is 3.10. The maximum absolute atomic E-state index is 12.0. The van der Waals surface area contributed by atoms with Crippen LogP contribution >= 0.6 is 0 Å². The van der Waals surface area contributed by atoms with Gasteiger partial charge in [0.25, 0.3) is 0 Å². The van der Waals surface area contributed by atoms with Crippen LogP contribution in [0.5, 0.6) is 0 Å². The summed E-state index contributed by atoms with van der Waals surface area (Å²) in [5.41, 5.74) is 3.65. The average molecular weight is 227 g/mol. The van der Waals surface area contributed by atoms with Crippen molar-refractivity contribution in [2.75, 3.05) is 0 Å². The lowest BCUT2D eigenvalue weighted by Gasteiger charge is -2.04. The number of rotatable bonds is 0. The molecule has 0 saturated carbocycles. The minimum Gasteiger partial charge on any atom is -0.461 e. The highest BCUT2D eigenvalue weighted by atomic mass is 16.3. The van der Waals surface area contributed by atoms with Gasteiger partial charge in [-0.15, -0.1) is 0 Å². The van der Waals surface area contributed by atoms with E-state index in [2.05, 4.69) is 4.98 Å². The molecule has 0 unspecified atom stereocenters. The molecule has 2 aromatic heterocycles. The van der Waals surface area contributed by atoms with Gasteiger partial charge in [0.2, 0.25) is 0 Å². The van der Waals surface area contributed by atoms with Gasteiger partial charge in [-0.2, -0.15) is 0 Å². The first-order valence-electron chi connectivity index (χ1n) is 5.59. The molecule has 17 heavy (non-hydrogen) atoms. The summed E-state index contributed by atoms with van der Waals surface area (Å²) < 4.78 is 5.66. The van der Waals surface area contributed by atoms with E-state index in [4.69, 9.17) is 4.42 Å². The van der Waals surface area contributed by atoms with Crippen LogP contribution in [0.2, 0.25) is 0 Å². The second-order valence-electron chi connectivity index (χ2n) is 4.52. The number of H-pyrrole nitrogens is 1. The number of aromatic nitrogens is 1. The topological polar surface area (TPSA) is 46.0 Å². The predicted molar refractivity (Wildman–Crippen MR) is 68.6 cm³/mol. The van der Waals surface area contributed by atoms with Crippen molar-refractivity contribution in [1.82, 2.24) is 4.98 Å². The molecular formula is C14H13NO2. The van der Waals surface area contributed by atoms with Crippen molar-refractivity contribution in [3.8, 4) is 0 Å². The first kappa shape index (κ1) is 10.1. The molecule has 0 fully saturated rings. The minimum atomic E-state index is 0.0557. The van der Waals surface area contributed by atoms with Crippen LogP contribution in [-0.2, 0) is 0 Å². The van der Waals surface area contributed by atoms with Crippen molar-refractivity contribution < 1.29 is 4.42 Å². The molecule has 1 aromatic carbocycles. The van der Waals surface area contributed by atoms with E-state index < -0.39 is 0 Å². The standard InChI is InChI=1S/C14H13NO2/c1-7-4-12(16)11-6-10-5-8(2)17-14(10)9(3)13(11)15-7/h4-6H,1-3H3,(H,15,16). The van der Waals surface area contributed by atoms with Gasteiger partial charge in [-0.1, -0.05) is 0 Å². The Morgan fingerprint density at radius 1 is 1.12 bits per heavy atom. The maximum atomic E-state index is 12.0. The Hall–Kier alpha value is -2.03. The van der Waals surface area contributed by atoms with E-state index in [-0.39, 0.29) is 5.43 Å². The van der Waals surface area contributed by atoms with Gasteiger partial charge in [-0.3, -0.25) is 4.79 Å². The second-order valence-corrected chi connectivity index (χ2v) is 4.52. The molecule has 0 spiro atoms.